The molecule has 3 aromatic heterocycles. The van der Waals surface area contributed by atoms with Crippen LogP contribution in [0.5, 0.6) is 0 Å². The van der Waals surface area contributed by atoms with Crippen LogP contribution in [0.4, 0.5) is 24.5 Å². The smallest absolute Gasteiger partial charge is 0.422 e. The zero-order valence-electron chi connectivity index (χ0n) is 19.0. The molecule has 0 bridgehead atoms. The summed E-state index contributed by atoms with van der Waals surface area (Å²) in [7, 11) is 0. The van der Waals surface area contributed by atoms with E-state index in [9.17, 15) is 18.0 Å². The van der Waals surface area contributed by atoms with Crippen LogP contribution in [0, 0.1) is 0 Å². The molecule has 36 heavy (non-hydrogen) atoms. The van der Waals surface area contributed by atoms with Crippen LogP contribution in [-0.4, -0.2) is 38.8 Å². The Balaban J connectivity index is 0.00000148. The Labute approximate surface area is 208 Å². The molecule has 0 saturated heterocycles. The minimum atomic E-state index is -4.83. The molecule has 0 unspecified atom stereocenters. The topological polar surface area (TPSA) is 109 Å². The molecule has 0 radical (unpaired) electrons. The van der Waals surface area contributed by atoms with Gasteiger partial charge >= 0.3 is 6.18 Å². The van der Waals surface area contributed by atoms with E-state index in [1.807, 2.05) is 13.8 Å². The number of halogens is 4. The molecule has 186 valence electrons. The van der Waals surface area contributed by atoms with Gasteiger partial charge < -0.3 is 9.73 Å². The number of allylic oxidation sites excluding steroid dienone is 1. The van der Waals surface area contributed by atoms with E-state index in [-0.39, 0.29) is 34.5 Å². The number of benzene rings is 1. The minimum absolute atomic E-state index is 0.0595. The van der Waals surface area contributed by atoms with Gasteiger partial charge in [-0.15, -0.1) is 10.2 Å². The quantitative estimate of drug-likeness (QED) is 0.383. The van der Waals surface area contributed by atoms with Crippen LogP contribution in [0.2, 0.25) is 5.02 Å². The molecule has 2 N–H and O–H groups in total. The highest BCUT2D eigenvalue weighted by Crippen LogP contribution is 2.38. The van der Waals surface area contributed by atoms with E-state index in [0.29, 0.717) is 10.8 Å². The second-order valence-electron chi connectivity index (χ2n) is 7.13. The molecular weight excluding hydrogens is 499 g/mol. The van der Waals surface area contributed by atoms with Gasteiger partial charge in [-0.25, -0.2) is 10.4 Å². The molecule has 0 atom stereocenters. The summed E-state index contributed by atoms with van der Waals surface area (Å²) in [6.45, 7) is 3.64. The normalized spacial score (nSPS) is 13.6. The summed E-state index contributed by atoms with van der Waals surface area (Å²) < 4.78 is 47.4. The van der Waals surface area contributed by atoms with E-state index >= 15 is 0 Å². The number of pyridine rings is 2. The predicted octanol–water partition coefficient (Wildman–Crippen LogP) is 5.14. The summed E-state index contributed by atoms with van der Waals surface area (Å²) >= 11 is 6.16. The molecule has 1 amide bonds. The molecule has 0 spiro atoms. The maximum atomic E-state index is 14.1. The summed E-state index contributed by atoms with van der Waals surface area (Å²) in [6, 6.07) is 8.21. The molecule has 1 aliphatic rings. The Morgan fingerprint density at radius 2 is 1.97 bits per heavy atom. The van der Waals surface area contributed by atoms with Crippen molar-refractivity contribution in [2.75, 3.05) is 16.9 Å². The molecule has 13 heteroatoms. The standard InChI is InChI=1S/C21H13ClF3N7O2.C2H6/c22-15-5-12(7-27-17(15)20-31-28-10-34-20)30-19(33)14-8-29-32(18(14)21(23,24)25)16-9-26-6-11-3-1-2-4-13(11)16;1-2/h1-7,9-10,29H,8H2,(H,30,33);1-2H3. The number of hydrazine groups is 1. The van der Waals surface area contributed by atoms with Crippen molar-refractivity contribution in [3.63, 3.8) is 0 Å². The molecule has 0 aliphatic carbocycles. The predicted molar refractivity (Wildman–Crippen MR) is 128 cm³/mol. The van der Waals surface area contributed by atoms with Crippen molar-refractivity contribution in [2.24, 2.45) is 0 Å². The summed E-state index contributed by atoms with van der Waals surface area (Å²) in [4.78, 5) is 21.0. The van der Waals surface area contributed by atoms with Crippen molar-refractivity contribution in [3.8, 4) is 11.6 Å². The number of carbonyl (C=O) groups excluding carboxylic acids is 1. The lowest BCUT2D eigenvalue weighted by molar-refractivity contribution is -0.114. The number of nitrogens with zero attached hydrogens (tertiary/aromatic N) is 5. The van der Waals surface area contributed by atoms with Gasteiger partial charge in [-0.3, -0.25) is 14.8 Å². The molecular formula is C23H19ClF3N7O2. The third-order valence-electron chi connectivity index (χ3n) is 5.02. The zero-order valence-corrected chi connectivity index (χ0v) is 19.7. The summed E-state index contributed by atoms with van der Waals surface area (Å²) in [5.41, 5.74) is 1.44. The van der Waals surface area contributed by atoms with Crippen molar-refractivity contribution in [1.29, 1.82) is 0 Å². The summed E-state index contributed by atoms with van der Waals surface area (Å²) in [6.07, 6.45) is 0.352. The van der Waals surface area contributed by atoms with E-state index in [4.69, 9.17) is 16.0 Å². The maximum absolute atomic E-state index is 14.1. The van der Waals surface area contributed by atoms with E-state index < -0.39 is 23.4 Å². The fourth-order valence-electron chi connectivity index (χ4n) is 3.57. The Morgan fingerprint density at radius 3 is 2.67 bits per heavy atom. The first-order chi connectivity index (χ1) is 17.3. The molecule has 4 heterocycles. The average molecular weight is 518 g/mol. The highest BCUT2D eigenvalue weighted by atomic mass is 35.5. The van der Waals surface area contributed by atoms with Crippen molar-refractivity contribution >= 4 is 39.7 Å². The molecule has 1 aliphatic heterocycles. The van der Waals surface area contributed by atoms with Crippen LogP contribution >= 0.6 is 11.6 Å². The molecule has 4 aromatic rings. The lowest BCUT2D eigenvalue weighted by Crippen LogP contribution is -2.37. The number of fused-ring (bicyclic) bond motifs is 1. The van der Waals surface area contributed by atoms with E-state index in [1.54, 1.807) is 30.5 Å². The van der Waals surface area contributed by atoms with Gasteiger partial charge in [-0.1, -0.05) is 49.7 Å². The molecule has 5 rings (SSSR count). The van der Waals surface area contributed by atoms with Crippen molar-refractivity contribution < 1.29 is 22.4 Å². The molecule has 1 aromatic carbocycles. The van der Waals surface area contributed by atoms with E-state index in [0.717, 1.165) is 11.4 Å². The minimum Gasteiger partial charge on any atom is -0.422 e. The lowest BCUT2D eigenvalue weighted by atomic mass is 10.1. The van der Waals surface area contributed by atoms with Gasteiger partial charge in [0.05, 0.1) is 34.4 Å². The molecule has 0 saturated carbocycles. The third kappa shape index (κ3) is 4.86. The van der Waals surface area contributed by atoms with Crippen molar-refractivity contribution in [3.05, 3.63) is 71.6 Å². The number of carbonyl (C=O) groups is 1. The number of hydrogen-bond donors (Lipinski definition) is 2. The Morgan fingerprint density at radius 1 is 1.19 bits per heavy atom. The van der Waals surface area contributed by atoms with Crippen LogP contribution in [-0.2, 0) is 4.79 Å². The van der Waals surface area contributed by atoms with Gasteiger partial charge in [0, 0.05) is 23.5 Å². The highest BCUT2D eigenvalue weighted by Gasteiger charge is 2.46. The second kappa shape index (κ2) is 10.3. The maximum Gasteiger partial charge on any atom is 0.433 e. The zero-order chi connectivity index (χ0) is 25.9. The number of amides is 1. The lowest BCUT2D eigenvalue weighted by Gasteiger charge is -2.25. The van der Waals surface area contributed by atoms with E-state index in [1.165, 1.54) is 18.5 Å². The Bertz CT molecular complexity index is 1420. The number of alkyl halides is 3. The number of hydrogen-bond acceptors (Lipinski definition) is 8. The summed E-state index contributed by atoms with van der Waals surface area (Å²) in [5.74, 6) is -0.900. The molecule has 0 fully saturated rings. The van der Waals surface area contributed by atoms with Crippen molar-refractivity contribution in [1.82, 2.24) is 25.6 Å². The van der Waals surface area contributed by atoms with Gasteiger partial charge in [0.15, 0.2) is 0 Å². The third-order valence-corrected chi connectivity index (χ3v) is 5.30. The van der Waals surface area contributed by atoms with Crippen LogP contribution in [0.25, 0.3) is 22.4 Å². The van der Waals surface area contributed by atoms with Crippen LogP contribution in [0.3, 0.4) is 0 Å². The fraction of sp³-hybridized carbons (Fsp3) is 0.174. The Hall–Kier alpha value is -4.03. The first-order valence-electron chi connectivity index (χ1n) is 10.7. The highest BCUT2D eigenvalue weighted by molar-refractivity contribution is 6.33. The Kier molecular flexibility index (Phi) is 7.17. The number of rotatable bonds is 4. The average Bonchev–Trinajstić information content (AvgIpc) is 3.55. The van der Waals surface area contributed by atoms with Crippen LogP contribution in [0.15, 0.2) is 71.0 Å². The first kappa shape index (κ1) is 25.1. The van der Waals surface area contributed by atoms with Crippen LogP contribution in [0.1, 0.15) is 13.8 Å². The fourth-order valence-corrected chi connectivity index (χ4v) is 3.82. The van der Waals surface area contributed by atoms with E-state index in [2.05, 4.69) is 30.9 Å². The number of nitrogens with one attached hydrogen (secondary N) is 2. The van der Waals surface area contributed by atoms with Crippen LogP contribution < -0.4 is 15.8 Å². The van der Waals surface area contributed by atoms with Gasteiger partial charge in [0.25, 0.3) is 11.8 Å². The van der Waals surface area contributed by atoms with Gasteiger partial charge in [0.2, 0.25) is 6.39 Å². The monoisotopic (exact) mass is 517 g/mol. The number of aromatic nitrogens is 4. The second-order valence-corrected chi connectivity index (χ2v) is 7.53. The van der Waals surface area contributed by atoms with Gasteiger partial charge in [-0.05, 0) is 6.07 Å². The molecule has 9 nitrogen and oxygen atoms in total. The summed E-state index contributed by atoms with van der Waals surface area (Å²) in [5, 5.41) is 11.8. The largest absolute Gasteiger partial charge is 0.433 e. The number of anilines is 2. The van der Waals surface area contributed by atoms with Crippen molar-refractivity contribution in [2.45, 2.75) is 20.0 Å². The van der Waals surface area contributed by atoms with Gasteiger partial charge in [-0.2, -0.15) is 13.2 Å². The van der Waals surface area contributed by atoms with Gasteiger partial charge in [0.1, 0.15) is 11.4 Å². The first-order valence-corrected chi connectivity index (χ1v) is 11.1. The SMILES string of the molecule is CC.O=C(Nc1cnc(-c2nnco2)c(Cl)c1)C1=C(C(F)(F)F)N(c2cncc3ccccc23)NC1.